The van der Waals surface area contributed by atoms with Gasteiger partial charge in [0.1, 0.15) is 11.5 Å². The Hall–Kier alpha value is -2.90. The zero-order valence-corrected chi connectivity index (χ0v) is 18.4. The maximum atomic E-state index is 13.8. The third kappa shape index (κ3) is 3.65. The van der Waals surface area contributed by atoms with Gasteiger partial charge >= 0.3 is 6.03 Å². The minimum Gasteiger partial charge on any atom is -0.365 e. The molecule has 2 saturated carbocycles. The number of nitrogens with two attached hydrogens (primary N) is 1. The molecule has 7 nitrogen and oxygen atoms in total. The molecule has 2 fully saturated rings. The van der Waals surface area contributed by atoms with E-state index in [2.05, 4.69) is 17.3 Å². The Labute approximate surface area is 187 Å². The highest BCUT2D eigenvalue weighted by Gasteiger charge is 2.44. The van der Waals surface area contributed by atoms with Crippen molar-refractivity contribution in [2.45, 2.75) is 64.1 Å². The Bertz CT molecular complexity index is 1050. The lowest BCUT2D eigenvalue weighted by Crippen LogP contribution is -2.56. The molecule has 1 aromatic heterocycles. The number of carbonyl (C=O) groups excluding carboxylic acids is 2. The Morgan fingerprint density at radius 2 is 2.00 bits per heavy atom. The van der Waals surface area contributed by atoms with Gasteiger partial charge < -0.3 is 16.0 Å². The maximum absolute atomic E-state index is 13.8. The van der Waals surface area contributed by atoms with Crippen molar-refractivity contribution in [1.29, 1.82) is 0 Å². The summed E-state index contributed by atoms with van der Waals surface area (Å²) < 4.78 is 15.5. The third-order valence-corrected chi connectivity index (χ3v) is 7.67. The normalized spacial score (nSPS) is 26.6. The first-order valence-corrected chi connectivity index (χ1v) is 11.6. The van der Waals surface area contributed by atoms with Crippen LogP contribution in [-0.2, 0) is 13.1 Å². The lowest BCUT2D eigenvalue weighted by Gasteiger charge is -2.42. The number of nitrogens with one attached hydrogen (secondary N) is 1. The van der Waals surface area contributed by atoms with Crippen LogP contribution in [0, 0.1) is 17.7 Å². The van der Waals surface area contributed by atoms with E-state index in [0.29, 0.717) is 41.9 Å². The van der Waals surface area contributed by atoms with Crippen LogP contribution in [0.1, 0.15) is 61.5 Å². The van der Waals surface area contributed by atoms with Gasteiger partial charge in [0.15, 0.2) is 0 Å². The summed E-state index contributed by atoms with van der Waals surface area (Å²) >= 11 is 0. The molecule has 2 unspecified atom stereocenters. The molecule has 1 aliphatic heterocycles. The third-order valence-electron chi connectivity index (χ3n) is 7.67. The van der Waals surface area contributed by atoms with Crippen molar-refractivity contribution in [3.63, 3.8) is 0 Å². The van der Waals surface area contributed by atoms with Gasteiger partial charge in [0.25, 0.3) is 5.91 Å². The topological polar surface area (TPSA) is 93.2 Å². The number of rotatable bonds is 4. The minimum atomic E-state index is -0.623. The summed E-state index contributed by atoms with van der Waals surface area (Å²) in [5, 5.41) is 7.91. The molecular formula is C24H30FN5O2. The number of benzene rings is 1. The molecule has 32 heavy (non-hydrogen) atoms. The van der Waals surface area contributed by atoms with Crippen molar-refractivity contribution < 1.29 is 14.0 Å². The molecule has 0 saturated heterocycles. The monoisotopic (exact) mass is 439 g/mol. The van der Waals surface area contributed by atoms with Gasteiger partial charge in [-0.1, -0.05) is 31.9 Å². The van der Waals surface area contributed by atoms with Crippen LogP contribution in [0.4, 0.5) is 9.18 Å². The molecule has 3 N–H and O–H groups in total. The largest absolute Gasteiger partial charge is 0.365 e. The summed E-state index contributed by atoms with van der Waals surface area (Å²) in [7, 11) is 0. The van der Waals surface area contributed by atoms with E-state index in [1.165, 1.54) is 31.4 Å². The first kappa shape index (κ1) is 21.0. The van der Waals surface area contributed by atoms with Crippen molar-refractivity contribution >= 4 is 11.9 Å². The number of urea groups is 1. The standard InChI is InChI=1S/C24H30FN5O2/c1-2-24(12-15-6-7-16(10-15)13-24)27-23(32)29-8-9-30-19(14-29)20(22(26)31)21(28-30)17-4-3-5-18(25)11-17/h3-5,11,15-16H,2,6-10,12-14H2,1H3,(H2,26,31)(H,27,32). The summed E-state index contributed by atoms with van der Waals surface area (Å²) in [5.41, 5.74) is 7.29. The van der Waals surface area contributed by atoms with E-state index in [9.17, 15) is 14.0 Å². The van der Waals surface area contributed by atoms with Crippen LogP contribution in [0.2, 0.25) is 0 Å². The highest BCUT2D eigenvalue weighted by Crippen LogP contribution is 2.47. The number of carbonyl (C=O) groups is 2. The number of hydrogen-bond acceptors (Lipinski definition) is 3. The highest BCUT2D eigenvalue weighted by molar-refractivity contribution is 6.00. The smallest absolute Gasteiger partial charge is 0.318 e. The molecule has 2 bridgehead atoms. The predicted octanol–water partition coefficient (Wildman–Crippen LogP) is 3.67. The van der Waals surface area contributed by atoms with Gasteiger partial charge in [-0.15, -0.1) is 0 Å². The quantitative estimate of drug-likeness (QED) is 0.761. The SMILES string of the molecule is CCC1(NC(=O)N2CCn3nc(-c4cccc(F)c4)c(C(N)=O)c3C2)CC2CCC(C2)C1. The molecule has 0 radical (unpaired) electrons. The van der Waals surface area contributed by atoms with Crippen molar-refractivity contribution in [2.24, 2.45) is 17.6 Å². The van der Waals surface area contributed by atoms with Crippen LogP contribution in [0.5, 0.6) is 0 Å². The van der Waals surface area contributed by atoms with Crippen LogP contribution in [0.15, 0.2) is 24.3 Å². The lowest BCUT2D eigenvalue weighted by molar-refractivity contribution is 0.0995. The van der Waals surface area contributed by atoms with Crippen molar-refractivity contribution in [3.8, 4) is 11.3 Å². The predicted molar refractivity (Wildman–Crippen MR) is 118 cm³/mol. The van der Waals surface area contributed by atoms with E-state index < -0.39 is 11.7 Å². The number of fused-ring (bicyclic) bond motifs is 3. The molecule has 5 rings (SSSR count). The average Bonchev–Trinajstić information content (AvgIpc) is 3.33. The van der Waals surface area contributed by atoms with Gasteiger partial charge in [-0.05, 0) is 49.7 Å². The van der Waals surface area contributed by atoms with E-state index >= 15 is 0 Å². The Morgan fingerprint density at radius 1 is 1.25 bits per heavy atom. The Morgan fingerprint density at radius 3 is 2.66 bits per heavy atom. The van der Waals surface area contributed by atoms with Gasteiger partial charge in [0.2, 0.25) is 0 Å². The molecule has 1 aromatic carbocycles. The summed E-state index contributed by atoms with van der Waals surface area (Å²) in [6.07, 6.45) is 6.87. The fraction of sp³-hybridized carbons (Fsp3) is 0.542. The van der Waals surface area contributed by atoms with Gasteiger partial charge in [0, 0.05) is 17.6 Å². The van der Waals surface area contributed by atoms with E-state index in [4.69, 9.17) is 5.73 Å². The molecule has 3 aliphatic rings. The summed E-state index contributed by atoms with van der Waals surface area (Å²) in [6, 6.07) is 5.87. The zero-order chi connectivity index (χ0) is 22.5. The molecule has 2 aromatic rings. The van der Waals surface area contributed by atoms with Crippen LogP contribution in [0.3, 0.4) is 0 Å². The van der Waals surface area contributed by atoms with Gasteiger partial charge in [0.05, 0.1) is 24.3 Å². The molecular weight excluding hydrogens is 409 g/mol. The number of primary amides is 1. The van der Waals surface area contributed by atoms with E-state index in [1.807, 2.05) is 0 Å². The van der Waals surface area contributed by atoms with Crippen molar-refractivity contribution in [2.75, 3.05) is 6.54 Å². The van der Waals surface area contributed by atoms with Gasteiger partial charge in [-0.3, -0.25) is 9.48 Å². The first-order chi connectivity index (χ1) is 15.4. The fourth-order valence-corrected chi connectivity index (χ4v) is 6.11. The summed E-state index contributed by atoms with van der Waals surface area (Å²) in [6.45, 7) is 3.36. The van der Waals surface area contributed by atoms with E-state index in [-0.39, 0.29) is 23.7 Å². The molecule has 2 heterocycles. The second-order valence-electron chi connectivity index (χ2n) is 9.71. The Balaban J connectivity index is 1.39. The van der Waals surface area contributed by atoms with Crippen molar-refractivity contribution in [3.05, 3.63) is 41.3 Å². The number of amides is 3. The molecule has 170 valence electrons. The van der Waals surface area contributed by atoms with Crippen LogP contribution >= 0.6 is 0 Å². The Kier molecular flexibility index (Phi) is 5.18. The first-order valence-electron chi connectivity index (χ1n) is 11.6. The van der Waals surface area contributed by atoms with Crippen molar-refractivity contribution in [1.82, 2.24) is 20.0 Å². The molecule has 2 atom stereocenters. The van der Waals surface area contributed by atoms with Crippen LogP contribution in [0.25, 0.3) is 11.3 Å². The second kappa shape index (κ2) is 7.90. The number of hydrogen-bond donors (Lipinski definition) is 2. The molecule has 2 aliphatic carbocycles. The number of halogens is 1. The zero-order valence-electron chi connectivity index (χ0n) is 18.4. The molecule has 0 spiro atoms. The second-order valence-corrected chi connectivity index (χ2v) is 9.71. The maximum Gasteiger partial charge on any atom is 0.318 e. The molecule has 3 amide bonds. The minimum absolute atomic E-state index is 0.0941. The van der Waals surface area contributed by atoms with Gasteiger partial charge in [-0.2, -0.15) is 5.10 Å². The van der Waals surface area contributed by atoms with E-state index in [1.54, 1.807) is 21.7 Å². The number of aromatic nitrogens is 2. The number of nitrogens with zero attached hydrogens (tertiary/aromatic N) is 3. The lowest BCUT2D eigenvalue weighted by atomic mass is 9.73. The molecule has 8 heteroatoms. The van der Waals surface area contributed by atoms with Crippen LogP contribution < -0.4 is 11.1 Å². The fourth-order valence-electron chi connectivity index (χ4n) is 6.11. The van der Waals surface area contributed by atoms with Crippen LogP contribution in [-0.4, -0.2) is 38.7 Å². The highest BCUT2D eigenvalue weighted by atomic mass is 19.1. The van der Waals surface area contributed by atoms with E-state index in [0.717, 1.165) is 19.3 Å². The van der Waals surface area contributed by atoms with Gasteiger partial charge in [-0.25, -0.2) is 9.18 Å². The average molecular weight is 440 g/mol. The summed E-state index contributed by atoms with van der Waals surface area (Å²) in [4.78, 5) is 27.4. The summed E-state index contributed by atoms with van der Waals surface area (Å²) in [5.74, 6) is 0.400.